The van der Waals surface area contributed by atoms with Gasteiger partial charge in [0.1, 0.15) is 11.6 Å². The zero-order chi connectivity index (χ0) is 11.4. The van der Waals surface area contributed by atoms with Gasteiger partial charge in [0.25, 0.3) is 5.69 Å². The molecule has 1 heterocycles. The van der Waals surface area contributed by atoms with Crippen LogP contribution in [-0.2, 0) is 9.53 Å². The van der Waals surface area contributed by atoms with Gasteiger partial charge in [-0.05, 0) is 13.0 Å². The molecular weight excluding hydrogens is 200 g/mol. The van der Waals surface area contributed by atoms with E-state index in [0.717, 1.165) is 0 Å². The first kappa shape index (κ1) is 11.1. The quantitative estimate of drug-likeness (QED) is 0.426. The van der Waals surface area contributed by atoms with Crippen LogP contribution in [0.25, 0.3) is 0 Å². The van der Waals surface area contributed by atoms with E-state index < -0.39 is 16.8 Å². The van der Waals surface area contributed by atoms with Gasteiger partial charge in [0.15, 0.2) is 0 Å². The predicted molar refractivity (Wildman–Crippen MR) is 51.3 cm³/mol. The van der Waals surface area contributed by atoms with Crippen molar-refractivity contribution < 1.29 is 14.5 Å². The van der Waals surface area contributed by atoms with E-state index in [1.54, 1.807) is 0 Å². The number of hydrogen-bond donors (Lipinski definition) is 0. The van der Waals surface area contributed by atoms with E-state index in [4.69, 9.17) is 0 Å². The number of aromatic nitrogens is 1. The zero-order valence-corrected chi connectivity index (χ0v) is 8.34. The average Bonchev–Trinajstić information content (AvgIpc) is 2.27. The van der Waals surface area contributed by atoms with Gasteiger partial charge in [0.2, 0.25) is 0 Å². The molecule has 6 nitrogen and oxygen atoms in total. The minimum atomic E-state index is -0.739. The molecule has 0 fully saturated rings. The maximum Gasteiger partial charge on any atom is 0.314 e. The summed E-state index contributed by atoms with van der Waals surface area (Å²) in [6.45, 7) is 1.52. The van der Waals surface area contributed by atoms with Crippen LogP contribution in [0.4, 0.5) is 5.69 Å². The Bertz CT molecular complexity index is 391. The van der Waals surface area contributed by atoms with Crippen LogP contribution in [0.5, 0.6) is 0 Å². The van der Waals surface area contributed by atoms with Crippen LogP contribution in [0.3, 0.4) is 0 Å². The SMILES string of the molecule is COC(=O)C(C)c1ncccc1[N+](=O)[O-]. The van der Waals surface area contributed by atoms with Crippen molar-refractivity contribution in [3.05, 3.63) is 34.1 Å². The Labute approximate surface area is 86.0 Å². The summed E-state index contributed by atoms with van der Waals surface area (Å²) in [5.74, 6) is -1.28. The lowest BCUT2D eigenvalue weighted by atomic mass is 10.1. The Morgan fingerprint density at radius 3 is 2.87 bits per heavy atom. The molecule has 0 aliphatic carbocycles. The number of nitrogens with zero attached hydrogens (tertiary/aromatic N) is 2. The molecule has 0 spiro atoms. The van der Waals surface area contributed by atoms with Crippen LogP contribution >= 0.6 is 0 Å². The lowest BCUT2D eigenvalue weighted by Gasteiger charge is -2.07. The van der Waals surface area contributed by atoms with E-state index in [9.17, 15) is 14.9 Å². The van der Waals surface area contributed by atoms with Crippen LogP contribution in [0, 0.1) is 10.1 Å². The molecule has 15 heavy (non-hydrogen) atoms. The molecule has 0 amide bonds. The third-order valence-corrected chi connectivity index (χ3v) is 1.98. The molecule has 6 heteroatoms. The highest BCUT2D eigenvalue weighted by Gasteiger charge is 2.25. The van der Waals surface area contributed by atoms with Crippen LogP contribution in [0.15, 0.2) is 18.3 Å². The summed E-state index contributed by atoms with van der Waals surface area (Å²) in [6, 6.07) is 2.76. The first-order valence-electron chi connectivity index (χ1n) is 4.25. The largest absolute Gasteiger partial charge is 0.469 e. The second-order valence-electron chi connectivity index (χ2n) is 2.91. The summed E-state index contributed by atoms with van der Waals surface area (Å²) in [4.78, 5) is 25.1. The molecule has 0 aromatic carbocycles. The van der Waals surface area contributed by atoms with Gasteiger partial charge < -0.3 is 4.74 Å². The third-order valence-electron chi connectivity index (χ3n) is 1.98. The first-order valence-corrected chi connectivity index (χ1v) is 4.25. The first-order chi connectivity index (χ1) is 7.07. The zero-order valence-electron chi connectivity index (χ0n) is 8.34. The lowest BCUT2D eigenvalue weighted by Crippen LogP contribution is -2.13. The Hall–Kier alpha value is -1.98. The van der Waals surface area contributed by atoms with E-state index in [1.807, 2.05) is 0 Å². The summed E-state index contributed by atoms with van der Waals surface area (Å²) in [5, 5.41) is 10.7. The fourth-order valence-corrected chi connectivity index (χ4v) is 1.19. The van der Waals surface area contributed by atoms with Crippen molar-refractivity contribution in [1.29, 1.82) is 0 Å². The highest BCUT2D eigenvalue weighted by Crippen LogP contribution is 2.24. The van der Waals surface area contributed by atoms with E-state index in [0.29, 0.717) is 0 Å². The van der Waals surface area contributed by atoms with E-state index in [-0.39, 0.29) is 11.4 Å². The molecule has 0 saturated carbocycles. The van der Waals surface area contributed by atoms with Crippen LogP contribution in [-0.4, -0.2) is 23.0 Å². The second-order valence-corrected chi connectivity index (χ2v) is 2.91. The number of nitro groups is 1. The van der Waals surface area contributed by atoms with Gasteiger partial charge in [-0.2, -0.15) is 0 Å². The number of carbonyl (C=O) groups excluding carboxylic acids is 1. The normalized spacial score (nSPS) is 11.9. The lowest BCUT2D eigenvalue weighted by molar-refractivity contribution is -0.386. The van der Waals surface area contributed by atoms with Gasteiger partial charge in [-0.15, -0.1) is 0 Å². The number of pyridine rings is 1. The summed E-state index contributed by atoms with van der Waals surface area (Å²) in [6.07, 6.45) is 1.40. The number of hydrogen-bond acceptors (Lipinski definition) is 5. The standard InChI is InChI=1S/C9H10N2O4/c1-6(9(12)15-2)8-7(11(13)14)4-3-5-10-8/h3-6H,1-2H3. The number of carbonyl (C=O) groups is 1. The Balaban J connectivity index is 3.13. The monoisotopic (exact) mass is 210 g/mol. The average molecular weight is 210 g/mol. The highest BCUT2D eigenvalue weighted by atomic mass is 16.6. The smallest absolute Gasteiger partial charge is 0.314 e. The van der Waals surface area contributed by atoms with Crippen LogP contribution < -0.4 is 0 Å². The van der Waals surface area contributed by atoms with Crippen molar-refractivity contribution in [2.24, 2.45) is 0 Å². The Morgan fingerprint density at radius 2 is 2.33 bits per heavy atom. The van der Waals surface area contributed by atoms with Crippen molar-refractivity contribution >= 4 is 11.7 Å². The molecule has 0 radical (unpaired) electrons. The third kappa shape index (κ3) is 2.28. The molecule has 0 aliphatic rings. The minimum Gasteiger partial charge on any atom is -0.469 e. The molecule has 0 bridgehead atoms. The van der Waals surface area contributed by atoms with Gasteiger partial charge in [-0.25, -0.2) is 0 Å². The summed E-state index contributed by atoms with van der Waals surface area (Å²) >= 11 is 0. The summed E-state index contributed by atoms with van der Waals surface area (Å²) < 4.78 is 4.50. The molecule has 0 aliphatic heterocycles. The van der Waals surface area contributed by atoms with Gasteiger partial charge in [0.05, 0.1) is 12.0 Å². The number of rotatable bonds is 3. The second kappa shape index (κ2) is 4.50. The fraction of sp³-hybridized carbons (Fsp3) is 0.333. The molecular formula is C9H10N2O4. The molecule has 1 rings (SSSR count). The van der Waals surface area contributed by atoms with Crippen molar-refractivity contribution in [2.45, 2.75) is 12.8 Å². The molecule has 1 atom stereocenters. The van der Waals surface area contributed by atoms with Crippen LogP contribution in [0.2, 0.25) is 0 Å². The topological polar surface area (TPSA) is 82.3 Å². The minimum absolute atomic E-state index is 0.120. The van der Waals surface area contributed by atoms with Crippen molar-refractivity contribution in [3.8, 4) is 0 Å². The van der Waals surface area contributed by atoms with Gasteiger partial charge in [0, 0.05) is 12.3 Å². The maximum atomic E-state index is 11.2. The molecule has 1 aromatic heterocycles. The van der Waals surface area contributed by atoms with E-state index in [1.165, 1.54) is 32.4 Å². The molecule has 1 unspecified atom stereocenters. The van der Waals surface area contributed by atoms with Crippen molar-refractivity contribution in [1.82, 2.24) is 4.98 Å². The van der Waals surface area contributed by atoms with Gasteiger partial charge in [-0.1, -0.05) is 0 Å². The van der Waals surface area contributed by atoms with Gasteiger partial charge in [-0.3, -0.25) is 19.9 Å². The number of esters is 1. The van der Waals surface area contributed by atoms with E-state index in [2.05, 4.69) is 9.72 Å². The molecule has 0 saturated heterocycles. The van der Waals surface area contributed by atoms with Crippen molar-refractivity contribution in [2.75, 3.05) is 7.11 Å². The molecule has 80 valence electrons. The Morgan fingerprint density at radius 1 is 1.67 bits per heavy atom. The number of methoxy groups -OCH3 is 1. The van der Waals surface area contributed by atoms with Gasteiger partial charge >= 0.3 is 5.97 Å². The molecule has 1 aromatic rings. The van der Waals surface area contributed by atoms with Crippen molar-refractivity contribution in [3.63, 3.8) is 0 Å². The maximum absolute atomic E-state index is 11.2. The molecule has 0 N–H and O–H groups in total. The highest BCUT2D eigenvalue weighted by molar-refractivity contribution is 5.78. The Kier molecular flexibility index (Phi) is 3.33. The van der Waals surface area contributed by atoms with E-state index >= 15 is 0 Å². The summed E-state index contributed by atoms with van der Waals surface area (Å²) in [5.41, 5.74) is -0.0512. The fourth-order valence-electron chi connectivity index (χ4n) is 1.19. The number of ether oxygens (including phenoxy) is 1. The van der Waals surface area contributed by atoms with Crippen LogP contribution in [0.1, 0.15) is 18.5 Å². The summed E-state index contributed by atoms with van der Waals surface area (Å²) in [7, 11) is 1.23. The predicted octanol–water partition coefficient (Wildman–Crippen LogP) is 1.27.